The Hall–Kier alpha value is -0.0800. The lowest BCUT2D eigenvalue weighted by Crippen LogP contribution is -2.40. The van der Waals surface area contributed by atoms with Crippen LogP contribution < -0.4 is 5.32 Å². The molecule has 2 bridgehead atoms. The fourth-order valence-corrected chi connectivity index (χ4v) is 3.89. The van der Waals surface area contributed by atoms with Gasteiger partial charge in [-0.25, -0.2) is 0 Å². The molecular formula is C12H22N2. The summed E-state index contributed by atoms with van der Waals surface area (Å²) in [4.78, 5) is 2.85. The molecule has 0 aliphatic carbocycles. The minimum atomic E-state index is 0.382. The summed E-state index contributed by atoms with van der Waals surface area (Å²) in [6.45, 7) is 5.90. The largest absolute Gasteiger partial charge is 0.310 e. The number of rotatable bonds is 1. The molecule has 2 heteroatoms. The highest BCUT2D eigenvalue weighted by atomic mass is 15.3. The Labute approximate surface area is 87.0 Å². The van der Waals surface area contributed by atoms with Crippen LogP contribution in [0.4, 0.5) is 0 Å². The van der Waals surface area contributed by atoms with Gasteiger partial charge in [0.1, 0.15) is 0 Å². The third-order valence-electron chi connectivity index (χ3n) is 4.49. The van der Waals surface area contributed by atoms with Crippen LogP contribution in [-0.2, 0) is 0 Å². The maximum atomic E-state index is 3.65. The van der Waals surface area contributed by atoms with Crippen molar-refractivity contribution in [1.29, 1.82) is 0 Å². The fourth-order valence-electron chi connectivity index (χ4n) is 3.89. The zero-order valence-corrected chi connectivity index (χ0v) is 9.42. The summed E-state index contributed by atoms with van der Waals surface area (Å²) in [5.41, 5.74) is 0.382. The lowest BCUT2D eigenvalue weighted by Gasteiger charge is -2.29. The van der Waals surface area contributed by atoms with Gasteiger partial charge in [-0.15, -0.1) is 0 Å². The predicted octanol–water partition coefficient (Wildman–Crippen LogP) is 1.75. The Morgan fingerprint density at radius 1 is 1.00 bits per heavy atom. The summed E-state index contributed by atoms with van der Waals surface area (Å²) in [5, 5.41) is 3.65. The molecule has 0 aromatic rings. The Kier molecular flexibility index (Phi) is 1.94. The molecule has 0 saturated carbocycles. The highest BCUT2D eigenvalue weighted by Gasteiger charge is 2.46. The molecule has 3 aliphatic rings. The summed E-state index contributed by atoms with van der Waals surface area (Å²) >= 11 is 0. The van der Waals surface area contributed by atoms with Crippen LogP contribution in [-0.4, -0.2) is 35.1 Å². The van der Waals surface area contributed by atoms with E-state index in [-0.39, 0.29) is 0 Å². The predicted molar refractivity (Wildman–Crippen MR) is 58.4 cm³/mol. The molecule has 2 nitrogen and oxygen atoms in total. The van der Waals surface area contributed by atoms with Gasteiger partial charge in [0.25, 0.3) is 0 Å². The first kappa shape index (κ1) is 9.17. The van der Waals surface area contributed by atoms with Crippen molar-refractivity contribution in [2.24, 2.45) is 0 Å². The van der Waals surface area contributed by atoms with Crippen molar-refractivity contribution in [3.8, 4) is 0 Å². The third kappa shape index (κ3) is 1.31. The molecule has 0 aromatic heterocycles. The molecule has 0 spiro atoms. The van der Waals surface area contributed by atoms with Crippen LogP contribution in [0.25, 0.3) is 0 Å². The van der Waals surface area contributed by atoms with E-state index in [9.17, 15) is 0 Å². The van der Waals surface area contributed by atoms with Crippen LogP contribution in [0, 0.1) is 0 Å². The summed E-state index contributed by atoms with van der Waals surface area (Å²) < 4.78 is 0. The quantitative estimate of drug-likeness (QED) is 0.684. The monoisotopic (exact) mass is 194 g/mol. The van der Waals surface area contributed by atoms with Crippen molar-refractivity contribution in [2.75, 3.05) is 6.54 Å². The first-order valence-corrected chi connectivity index (χ1v) is 6.18. The molecule has 1 atom stereocenters. The molecule has 14 heavy (non-hydrogen) atoms. The van der Waals surface area contributed by atoms with Gasteiger partial charge in [0.15, 0.2) is 0 Å². The lowest BCUT2D eigenvalue weighted by molar-refractivity contribution is 0.182. The summed E-state index contributed by atoms with van der Waals surface area (Å²) in [7, 11) is 0. The number of fused-ring (bicyclic) bond motifs is 2. The molecule has 0 radical (unpaired) electrons. The van der Waals surface area contributed by atoms with Crippen LogP contribution in [0.15, 0.2) is 0 Å². The number of hydrogen-bond donors (Lipinski definition) is 1. The summed E-state index contributed by atoms with van der Waals surface area (Å²) in [5.74, 6) is 0. The zero-order chi connectivity index (χ0) is 9.76. The Morgan fingerprint density at radius 3 is 2.00 bits per heavy atom. The molecule has 3 fully saturated rings. The molecule has 80 valence electrons. The molecular weight excluding hydrogens is 172 g/mol. The third-order valence-corrected chi connectivity index (χ3v) is 4.49. The van der Waals surface area contributed by atoms with Gasteiger partial charge in [-0.3, -0.25) is 4.90 Å². The molecule has 0 amide bonds. The Bertz CT molecular complexity index is 216. The number of nitrogens with zero attached hydrogens (tertiary/aromatic N) is 1. The molecule has 1 unspecified atom stereocenters. The first-order valence-electron chi connectivity index (χ1n) is 6.18. The van der Waals surface area contributed by atoms with E-state index in [0.29, 0.717) is 5.54 Å². The number of nitrogens with one attached hydrogen (secondary N) is 1. The second-order valence-electron chi connectivity index (χ2n) is 6.03. The van der Waals surface area contributed by atoms with Gasteiger partial charge in [0.2, 0.25) is 0 Å². The lowest BCUT2D eigenvalue weighted by atomic mass is 10.0. The molecule has 0 aromatic carbocycles. The van der Waals surface area contributed by atoms with Gasteiger partial charge in [-0.1, -0.05) is 0 Å². The second kappa shape index (κ2) is 2.96. The van der Waals surface area contributed by atoms with E-state index in [1.54, 1.807) is 0 Å². The highest BCUT2D eigenvalue weighted by Crippen LogP contribution is 2.41. The van der Waals surface area contributed by atoms with Gasteiger partial charge in [-0.05, 0) is 46.0 Å². The summed E-state index contributed by atoms with van der Waals surface area (Å²) in [6, 6.07) is 2.73. The van der Waals surface area contributed by atoms with Gasteiger partial charge in [0.05, 0.1) is 0 Å². The maximum Gasteiger partial charge on any atom is 0.0244 e. The SMILES string of the molecule is CC1(C)CC(N2C3CCC2CC3)CN1. The van der Waals surface area contributed by atoms with Crippen molar-refractivity contribution >= 4 is 0 Å². The van der Waals surface area contributed by atoms with Crippen molar-refractivity contribution < 1.29 is 0 Å². The van der Waals surface area contributed by atoms with E-state index < -0.39 is 0 Å². The molecule has 3 rings (SSSR count). The van der Waals surface area contributed by atoms with E-state index in [4.69, 9.17) is 0 Å². The van der Waals surface area contributed by atoms with Crippen LogP contribution >= 0.6 is 0 Å². The number of hydrogen-bond acceptors (Lipinski definition) is 2. The fraction of sp³-hybridized carbons (Fsp3) is 1.00. The Balaban J connectivity index is 1.72. The first-order chi connectivity index (χ1) is 6.66. The van der Waals surface area contributed by atoms with Gasteiger partial charge in [-0.2, -0.15) is 0 Å². The maximum absolute atomic E-state index is 3.65. The standard InChI is InChI=1S/C12H22N2/c1-12(2)7-11(8-13-12)14-9-3-4-10(14)6-5-9/h9-11,13H,3-8H2,1-2H3. The van der Waals surface area contributed by atoms with Crippen molar-refractivity contribution in [1.82, 2.24) is 10.2 Å². The van der Waals surface area contributed by atoms with E-state index in [0.717, 1.165) is 18.1 Å². The van der Waals surface area contributed by atoms with Crippen molar-refractivity contribution in [3.05, 3.63) is 0 Å². The highest BCUT2D eigenvalue weighted by molar-refractivity contribution is 5.03. The average Bonchev–Trinajstić information content (AvgIpc) is 2.77. The van der Waals surface area contributed by atoms with E-state index in [1.165, 1.54) is 38.6 Å². The van der Waals surface area contributed by atoms with Gasteiger partial charge in [0, 0.05) is 30.2 Å². The molecule has 3 aliphatic heterocycles. The van der Waals surface area contributed by atoms with Gasteiger partial charge >= 0.3 is 0 Å². The van der Waals surface area contributed by atoms with Gasteiger partial charge < -0.3 is 5.32 Å². The molecule has 3 saturated heterocycles. The normalized spacial score (nSPS) is 46.3. The minimum Gasteiger partial charge on any atom is -0.310 e. The van der Waals surface area contributed by atoms with Crippen molar-refractivity contribution in [3.63, 3.8) is 0 Å². The topological polar surface area (TPSA) is 15.3 Å². The van der Waals surface area contributed by atoms with Crippen LogP contribution in [0.3, 0.4) is 0 Å². The van der Waals surface area contributed by atoms with Crippen LogP contribution in [0.5, 0.6) is 0 Å². The van der Waals surface area contributed by atoms with Crippen LogP contribution in [0.1, 0.15) is 46.0 Å². The van der Waals surface area contributed by atoms with Crippen LogP contribution in [0.2, 0.25) is 0 Å². The van der Waals surface area contributed by atoms with E-state index >= 15 is 0 Å². The molecule has 3 heterocycles. The molecule has 1 N–H and O–H groups in total. The second-order valence-corrected chi connectivity index (χ2v) is 6.03. The minimum absolute atomic E-state index is 0.382. The van der Waals surface area contributed by atoms with E-state index in [2.05, 4.69) is 24.1 Å². The summed E-state index contributed by atoms with van der Waals surface area (Å²) in [6.07, 6.45) is 7.24. The smallest absolute Gasteiger partial charge is 0.0244 e. The zero-order valence-electron chi connectivity index (χ0n) is 9.42. The van der Waals surface area contributed by atoms with Crippen molar-refractivity contribution in [2.45, 2.75) is 69.6 Å². The Morgan fingerprint density at radius 2 is 1.57 bits per heavy atom. The average molecular weight is 194 g/mol. The van der Waals surface area contributed by atoms with E-state index in [1.807, 2.05) is 0 Å².